The smallest absolute Gasteiger partial charge is 0.0363 e. The Morgan fingerprint density at radius 3 is 2.75 bits per heavy atom. The molecule has 1 aliphatic rings. The van der Waals surface area contributed by atoms with Gasteiger partial charge in [-0.1, -0.05) is 37.3 Å². The molecule has 1 aromatic carbocycles. The van der Waals surface area contributed by atoms with Crippen LogP contribution in [-0.2, 0) is 0 Å². The summed E-state index contributed by atoms with van der Waals surface area (Å²) in [4.78, 5) is 1.42. The summed E-state index contributed by atoms with van der Waals surface area (Å²) in [5.74, 6) is 1.50. The van der Waals surface area contributed by atoms with Gasteiger partial charge in [0, 0.05) is 10.9 Å². The molecule has 1 aromatic heterocycles. The molecule has 3 rings (SSSR count). The number of rotatable bonds is 6. The summed E-state index contributed by atoms with van der Waals surface area (Å²) in [6, 6.07) is 13.9. The van der Waals surface area contributed by atoms with E-state index in [0.29, 0.717) is 6.04 Å². The normalized spacial score (nSPS) is 22.7. The van der Waals surface area contributed by atoms with Crippen molar-refractivity contribution in [3.63, 3.8) is 0 Å². The van der Waals surface area contributed by atoms with Gasteiger partial charge in [0.2, 0.25) is 0 Å². The number of hydrogen-bond acceptors (Lipinski definition) is 2. The minimum absolute atomic E-state index is 0.533. The lowest BCUT2D eigenvalue weighted by Crippen LogP contribution is -2.24. The highest BCUT2D eigenvalue weighted by atomic mass is 32.1. The van der Waals surface area contributed by atoms with Gasteiger partial charge >= 0.3 is 0 Å². The lowest BCUT2D eigenvalue weighted by atomic mass is 10.0. The molecule has 0 bridgehead atoms. The van der Waals surface area contributed by atoms with Crippen LogP contribution >= 0.6 is 11.3 Å². The number of hydrogen-bond donors (Lipinski definition) is 1. The largest absolute Gasteiger partial charge is 0.310 e. The Kier molecular flexibility index (Phi) is 4.23. The zero-order valence-electron chi connectivity index (χ0n) is 12.3. The van der Waals surface area contributed by atoms with E-state index in [1.165, 1.54) is 28.8 Å². The van der Waals surface area contributed by atoms with Gasteiger partial charge in [-0.05, 0) is 60.7 Å². The quantitative estimate of drug-likeness (QED) is 0.796. The zero-order valence-corrected chi connectivity index (χ0v) is 13.1. The SMILES string of the molecule is CCCNC(c1csc(C)c1)C1CC1c1ccccc1. The summed E-state index contributed by atoms with van der Waals surface area (Å²) in [5, 5.41) is 6.10. The molecular weight excluding hydrogens is 262 g/mol. The lowest BCUT2D eigenvalue weighted by Gasteiger charge is -2.18. The first kappa shape index (κ1) is 13.8. The average Bonchev–Trinajstić information content (AvgIpc) is 3.15. The Balaban J connectivity index is 1.74. The van der Waals surface area contributed by atoms with E-state index in [1.807, 2.05) is 11.3 Å². The molecule has 1 nitrogen and oxygen atoms in total. The molecule has 1 saturated carbocycles. The van der Waals surface area contributed by atoms with Crippen LogP contribution in [0.25, 0.3) is 0 Å². The van der Waals surface area contributed by atoms with Crippen LogP contribution in [0.2, 0.25) is 0 Å². The summed E-state index contributed by atoms with van der Waals surface area (Å²) in [6.07, 6.45) is 2.52. The number of thiophene rings is 1. The van der Waals surface area contributed by atoms with Gasteiger partial charge in [-0.3, -0.25) is 0 Å². The van der Waals surface area contributed by atoms with E-state index in [4.69, 9.17) is 0 Å². The third-order valence-electron chi connectivity index (χ3n) is 4.22. The molecule has 1 N–H and O–H groups in total. The molecule has 3 atom stereocenters. The average molecular weight is 285 g/mol. The third-order valence-corrected chi connectivity index (χ3v) is 5.10. The molecule has 20 heavy (non-hydrogen) atoms. The van der Waals surface area contributed by atoms with Gasteiger partial charge in [0.15, 0.2) is 0 Å². The van der Waals surface area contributed by atoms with Crippen LogP contribution in [0.4, 0.5) is 0 Å². The molecule has 0 spiro atoms. The van der Waals surface area contributed by atoms with Crippen molar-refractivity contribution >= 4 is 11.3 Å². The molecule has 0 amide bonds. The minimum Gasteiger partial charge on any atom is -0.310 e. The Labute approximate surface area is 126 Å². The molecule has 106 valence electrons. The number of nitrogens with one attached hydrogen (secondary N) is 1. The lowest BCUT2D eigenvalue weighted by molar-refractivity contribution is 0.474. The van der Waals surface area contributed by atoms with E-state index < -0.39 is 0 Å². The summed E-state index contributed by atoms with van der Waals surface area (Å²) in [7, 11) is 0. The molecule has 0 saturated heterocycles. The highest BCUT2D eigenvalue weighted by Crippen LogP contribution is 2.54. The van der Waals surface area contributed by atoms with Crippen molar-refractivity contribution in [1.82, 2.24) is 5.32 Å². The van der Waals surface area contributed by atoms with E-state index in [-0.39, 0.29) is 0 Å². The van der Waals surface area contributed by atoms with E-state index >= 15 is 0 Å². The first-order chi connectivity index (χ1) is 9.79. The highest BCUT2D eigenvalue weighted by molar-refractivity contribution is 7.10. The maximum absolute atomic E-state index is 3.77. The second-order valence-electron chi connectivity index (χ2n) is 5.84. The monoisotopic (exact) mass is 285 g/mol. The molecule has 2 heteroatoms. The van der Waals surface area contributed by atoms with Crippen LogP contribution in [0.5, 0.6) is 0 Å². The Morgan fingerprint density at radius 2 is 2.10 bits per heavy atom. The maximum atomic E-state index is 3.77. The molecule has 0 aliphatic heterocycles. The van der Waals surface area contributed by atoms with Crippen LogP contribution in [0.1, 0.15) is 47.7 Å². The zero-order chi connectivity index (χ0) is 13.9. The third kappa shape index (κ3) is 2.97. The second kappa shape index (κ2) is 6.11. The molecule has 2 aromatic rings. The van der Waals surface area contributed by atoms with Crippen LogP contribution in [0, 0.1) is 12.8 Å². The van der Waals surface area contributed by atoms with Crippen molar-refractivity contribution in [3.05, 3.63) is 57.8 Å². The fraction of sp³-hybridized carbons (Fsp3) is 0.444. The minimum atomic E-state index is 0.533. The first-order valence-electron chi connectivity index (χ1n) is 7.63. The molecule has 1 aliphatic carbocycles. The van der Waals surface area contributed by atoms with Crippen LogP contribution in [-0.4, -0.2) is 6.54 Å². The van der Waals surface area contributed by atoms with Gasteiger partial charge < -0.3 is 5.32 Å². The highest BCUT2D eigenvalue weighted by Gasteiger charge is 2.44. The van der Waals surface area contributed by atoms with Crippen molar-refractivity contribution in [2.45, 2.75) is 38.6 Å². The molecule has 3 unspecified atom stereocenters. The van der Waals surface area contributed by atoms with Gasteiger partial charge in [0.25, 0.3) is 0 Å². The number of benzene rings is 1. The van der Waals surface area contributed by atoms with E-state index in [0.717, 1.165) is 18.4 Å². The fourth-order valence-corrected chi connectivity index (χ4v) is 3.85. The Hall–Kier alpha value is -1.12. The molecule has 0 radical (unpaired) electrons. The van der Waals surface area contributed by atoms with Crippen molar-refractivity contribution < 1.29 is 0 Å². The molecular formula is C18H23NS. The van der Waals surface area contributed by atoms with E-state index in [2.05, 4.69) is 60.9 Å². The predicted octanol–water partition coefficient (Wildman–Crippen LogP) is 4.90. The van der Waals surface area contributed by atoms with Gasteiger partial charge in [-0.2, -0.15) is 0 Å². The predicted molar refractivity (Wildman–Crippen MR) is 87.4 cm³/mol. The number of aryl methyl sites for hydroxylation is 1. The van der Waals surface area contributed by atoms with E-state index in [9.17, 15) is 0 Å². The fourth-order valence-electron chi connectivity index (χ4n) is 3.11. The second-order valence-corrected chi connectivity index (χ2v) is 6.95. The van der Waals surface area contributed by atoms with Crippen molar-refractivity contribution in [1.29, 1.82) is 0 Å². The van der Waals surface area contributed by atoms with Gasteiger partial charge in [-0.25, -0.2) is 0 Å². The van der Waals surface area contributed by atoms with Gasteiger partial charge in [0.05, 0.1) is 0 Å². The standard InChI is InChI=1S/C18H23NS/c1-3-9-19-18(15-10-13(2)20-12-15)17-11-16(17)14-7-5-4-6-8-14/h4-8,10,12,16-19H,3,9,11H2,1-2H3. The first-order valence-corrected chi connectivity index (χ1v) is 8.51. The summed E-state index contributed by atoms with van der Waals surface area (Å²) < 4.78 is 0. The maximum Gasteiger partial charge on any atom is 0.0363 e. The van der Waals surface area contributed by atoms with Crippen molar-refractivity contribution in [2.24, 2.45) is 5.92 Å². The van der Waals surface area contributed by atoms with Crippen LogP contribution < -0.4 is 5.32 Å². The topological polar surface area (TPSA) is 12.0 Å². The summed E-state index contributed by atoms with van der Waals surface area (Å²) in [6.45, 7) is 5.55. The van der Waals surface area contributed by atoms with Gasteiger partial charge in [0.1, 0.15) is 0 Å². The van der Waals surface area contributed by atoms with Crippen LogP contribution in [0.15, 0.2) is 41.8 Å². The van der Waals surface area contributed by atoms with E-state index in [1.54, 1.807) is 0 Å². The van der Waals surface area contributed by atoms with Gasteiger partial charge in [-0.15, -0.1) is 11.3 Å². The molecule has 1 heterocycles. The van der Waals surface area contributed by atoms with Crippen LogP contribution in [0.3, 0.4) is 0 Å². The van der Waals surface area contributed by atoms with Crippen molar-refractivity contribution in [3.8, 4) is 0 Å². The Bertz CT molecular complexity index is 546. The molecule has 1 fully saturated rings. The van der Waals surface area contributed by atoms with Crippen molar-refractivity contribution in [2.75, 3.05) is 6.54 Å². The summed E-state index contributed by atoms with van der Waals surface area (Å²) >= 11 is 1.87. The Morgan fingerprint density at radius 1 is 1.30 bits per heavy atom. The summed E-state index contributed by atoms with van der Waals surface area (Å²) in [5.41, 5.74) is 3.00.